The van der Waals surface area contributed by atoms with Gasteiger partial charge in [-0.1, -0.05) is 25.4 Å². The molecule has 0 aliphatic carbocycles. The average molecular weight is 256 g/mol. The summed E-state index contributed by atoms with van der Waals surface area (Å²) in [6.45, 7) is 6.31. The molecule has 1 heterocycles. The smallest absolute Gasteiger partial charge is 0.271 e. The lowest BCUT2D eigenvalue weighted by molar-refractivity contribution is 0.0931. The Morgan fingerprint density at radius 1 is 1.35 bits per heavy atom. The Morgan fingerprint density at radius 3 is 2.65 bits per heavy atom. The van der Waals surface area contributed by atoms with Gasteiger partial charge in [-0.05, 0) is 25.7 Å². The first-order chi connectivity index (χ1) is 7.99. The van der Waals surface area contributed by atoms with E-state index in [1.165, 1.54) is 12.4 Å². The fraction of sp³-hybridized carbons (Fsp3) is 0.583. The molecule has 94 valence electrons. The highest BCUT2D eigenvalue weighted by Gasteiger charge is 2.12. The maximum atomic E-state index is 11.8. The Morgan fingerprint density at radius 2 is 2.06 bits per heavy atom. The van der Waals surface area contributed by atoms with Crippen LogP contribution in [0.1, 0.15) is 44.1 Å². The first-order valence-corrected chi connectivity index (χ1v) is 6.15. The van der Waals surface area contributed by atoms with Gasteiger partial charge in [0.2, 0.25) is 0 Å². The van der Waals surface area contributed by atoms with Crippen molar-refractivity contribution in [2.24, 2.45) is 5.92 Å². The fourth-order valence-corrected chi connectivity index (χ4v) is 1.55. The van der Waals surface area contributed by atoms with E-state index in [1.807, 2.05) is 6.92 Å². The third-order valence-electron chi connectivity index (χ3n) is 2.39. The van der Waals surface area contributed by atoms with Crippen LogP contribution in [0, 0.1) is 5.92 Å². The van der Waals surface area contributed by atoms with Gasteiger partial charge in [-0.15, -0.1) is 0 Å². The summed E-state index contributed by atoms with van der Waals surface area (Å²) in [7, 11) is 0. The standard InChI is InChI=1S/C12H18ClN3O/c1-8(2)4-5-9(3)15-12(17)10-6-14-7-11(13)16-10/h6-9H,4-5H2,1-3H3,(H,15,17). The molecule has 0 aliphatic rings. The van der Waals surface area contributed by atoms with E-state index in [0.29, 0.717) is 5.92 Å². The predicted molar refractivity (Wildman–Crippen MR) is 68.0 cm³/mol. The normalized spacial score (nSPS) is 12.5. The number of hydrogen-bond acceptors (Lipinski definition) is 3. The van der Waals surface area contributed by atoms with Gasteiger partial charge in [0.1, 0.15) is 10.8 Å². The molecule has 0 bridgehead atoms. The summed E-state index contributed by atoms with van der Waals surface area (Å²) in [4.78, 5) is 19.5. The Labute approximate surface area is 107 Å². The van der Waals surface area contributed by atoms with Crippen molar-refractivity contribution in [3.63, 3.8) is 0 Å². The van der Waals surface area contributed by atoms with Crippen molar-refractivity contribution in [1.29, 1.82) is 0 Å². The van der Waals surface area contributed by atoms with Gasteiger partial charge in [0.05, 0.1) is 12.4 Å². The van der Waals surface area contributed by atoms with Crippen LogP contribution in [0.15, 0.2) is 12.4 Å². The van der Waals surface area contributed by atoms with Gasteiger partial charge in [0.25, 0.3) is 5.91 Å². The van der Waals surface area contributed by atoms with E-state index in [4.69, 9.17) is 11.6 Å². The van der Waals surface area contributed by atoms with Crippen molar-refractivity contribution in [3.8, 4) is 0 Å². The van der Waals surface area contributed by atoms with Crippen LogP contribution >= 0.6 is 11.6 Å². The van der Waals surface area contributed by atoms with Crippen molar-refractivity contribution in [3.05, 3.63) is 23.2 Å². The lowest BCUT2D eigenvalue weighted by Crippen LogP contribution is -2.33. The van der Waals surface area contributed by atoms with Crippen LogP contribution in [0.5, 0.6) is 0 Å². The van der Waals surface area contributed by atoms with Gasteiger partial charge >= 0.3 is 0 Å². The lowest BCUT2D eigenvalue weighted by Gasteiger charge is -2.14. The molecule has 5 heteroatoms. The van der Waals surface area contributed by atoms with E-state index in [2.05, 4.69) is 29.1 Å². The second-order valence-electron chi connectivity index (χ2n) is 4.57. The summed E-state index contributed by atoms with van der Waals surface area (Å²) >= 11 is 5.67. The third-order valence-corrected chi connectivity index (χ3v) is 2.57. The molecule has 1 aromatic rings. The summed E-state index contributed by atoms with van der Waals surface area (Å²) in [5, 5.41) is 3.11. The van der Waals surface area contributed by atoms with Crippen molar-refractivity contribution >= 4 is 17.5 Å². The fourth-order valence-electron chi connectivity index (χ4n) is 1.40. The summed E-state index contributed by atoms with van der Waals surface area (Å²) in [5.74, 6) is 0.413. The van der Waals surface area contributed by atoms with Crippen LogP contribution in [0.3, 0.4) is 0 Å². The Kier molecular flexibility index (Phi) is 5.35. The Bertz CT molecular complexity index is 382. The highest BCUT2D eigenvalue weighted by Crippen LogP contribution is 2.07. The first-order valence-electron chi connectivity index (χ1n) is 5.77. The SMILES string of the molecule is CC(C)CCC(C)NC(=O)c1cncc(Cl)n1. The van der Waals surface area contributed by atoms with Gasteiger partial charge in [0, 0.05) is 6.04 Å². The van der Waals surface area contributed by atoms with Crippen LogP contribution < -0.4 is 5.32 Å². The quantitative estimate of drug-likeness (QED) is 0.880. The summed E-state index contributed by atoms with van der Waals surface area (Å²) < 4.78 is 0. The molecule has 1 aromatic heterocycles. The third kappa shape index (κ3) is 5.13. The van der Waals surface area contributed by atoms with Crippen molar-refractivity contribution in [2.45, 2.75) is 39.7 Å². The van der Waals surface area contributed by atoms with Crippen LogP contribution in [0.25, 0.3) is 0 Å². The zero-order valence-corrected chi connectivity index (χ0v) is 11.2. The number of aromatic nitrogens is 2. The zero-order chi connectivity index (χ0) is 12.8. The molecule has 0 aromatic carbocycles. The number of nitrogens with one attached hydrogen (secondary N) is 1. The number of nitrogens with zero attached hydrogens (tertiary/aromatic N) is 2. The first kappa shape index (κ1) is 13.9. The van der Waals surface area contributed by atoms with E-state index in [9.17, 15) is 4.79 Å². The molecule has 0 fully saturated rings. The summed E-state index contributed by atoms with van der Waals surface area (Å²) in [6, 6.07) is 0.130. The van der Waals surface area contributed by atoms with E-state index in [0.717, 1.165) is 12.8 Å². The van der Waals surface area contributed by atoms with Crippen molar-refractivity contribution in [2.75, 3.05) is 0 Å². The molecule has 1 atom stereocenters. The minimum Gasteiger partial charge on any atom is -0.348 e. The molecule has 1 rings (SSSR count). The molecular weight excluding hydrogens is 238 g/mol. The molecule has 0 saturated heterocycles. The second-order valence-corrected chi connectivity index (χ2v) is 4.96. The van der Waals surface area contributed by atoms with Gasteiger partial charge < -0.3 is 5.32 Å². The molecule has 0 radical (unpaired) electrons. The van der Waals surface area contributed by atoms with E-state index in [-0.39, 0.29) is 22.8 Å². The minimum absolute atomic E-state index is 0.130. The Balaban J connectivity index is 2.49. The second kappa shape index (κ2) is 6.55. The maximum Gasteiger partial charge on any atom is 0.271 e. The van der Waals surface area contributed by atoms with Crippen LogP contribution in [0.2, 0.25) is 5.15 Å². The highest BCUT2D eigenvalue weighted by atomic mass is 35.5. The van der Waals surface area contributed by atoms with Gasteiger partial charge in [-0.2, -0.15) is 0 Å². The number of carbonyl (C=O) groups is 1. The average Bonchev–Trinajstić information content (AvgIpc) is 2.26. The lowest BCUT2D eigenvalue weighted by atomic mass is 10.0. The van der Waals surface area contributed by atoms with Crippen molar-refractivity contribution in [1.82, 2.24) is 15.3 Å². The van der Waals surface area contributed by atoms with Crippen LogP contribution in [0.4, 0.5) is 0 Å². The number of hydrogen-bond donors (Lipinski definition) is 1. The molecular formula is C12H18ClN3O. The van der Waals surface area contributed by atoms with E-state index >= 15 is 0 Å². The summed E-state index contributed by atoms with van der Waals surface area (Å²) in [6.07, 6.45) is 4.86. The molecule has 1 N–H and O–H groups in total. The van der Waals surface area contributed by atoms with Gasteiger partial charge in [0.15, 0.2) is 0 Å². The van der Waals surface area contributed by atoms with Crippen LogP contribution in [-0.4, -0.2) is 21.9 Å². The maximum absolute atomic E-state index is 11.8. The minimum atomic E-state index is -0.226. The largest absolute Gasteiger partial charge is 0.348 e. The molecule has 0 spiro atoms. The zero-order valence-electron chi connectivity index (χ0n) is 10.4. The molecule has 4 nitrogen and oxygen atoms in total. The molecule has 17 heavy (non-hydrogen) atoms. The summed E-state index contributed by atoms with van der Waals surface area (Å²) in [5.41, 5.74) is 0.258. The molecule has 1 amide bonds. The predicted octanol–water partition coefficient (Wildman–Crippen LogP) is 2.68. The number of carbonyl (C=O) groups excluding carboxylic acids is 1. The number of amides is 1. The number of halogens is 1. The highest BCUT2D eigenvalue weighted by molar-refractivity contribution is 6.29. The molecule has 0 aliphatic heterocycles. The van der Waals surface area contributed by atoms with Gasteiger partial charge in [-0.3, -0.25) is 9.78 Å². The molecule has 1 unspecified atom stereocenters. The van der Waals surface area contributed by atoms with Crippen LogP contribution in [-0.2, 0) is 0 Å². The number of rotatable bonds is 5. The van der Waals surface area contributed by atoms with E-state index in [1.54, 1.807) is 0 Å². The molecule has 0 saturated carbocycles. The van der Waals surface area contributed by atoms with E-state index < -0.39 is 0 Å². The Hall–Kier alpha value is -1.16. The van der Waals surface area contributed by atoms with Crippen molar-refractivity contribution < 1.29 is 4.79 Å². The topological polar surface area (TPSA) is 54.9 Å². The van der Waals surface area contributed by atoms with Gasteiger partial charge in [-0.25, -0.2) is 4.98 Å². The monoisotopic (exact) mass is 255 g/mol.